The third kappa shape index (κ3) is 7.21. The van der Waals surface area contributed by atoms with Gasteiger partial charge in [0, 0.05) is 51.9 Å². The largest absolute Gasteiger partial charge is 0.385 e. The van der Waals surface area contributed by atoms with Crippen LogP contribution in [-0.4, -0.2) is 53.0 Å². The summed E-state index contributed by atoms with van der Waals surface area (Å²) in [5, 5.41) is 6.79. The van der Waals surface area contributed by atoms with Crippen molar-refractivity contribution >= 4 is 11.4 Å². The number of piperidine rings is 1. The van der Waals surface area contributed by atoms with E-state index in [2.05, 4.69) is 27.7 Å². The van der Waals surface area contributed by atoms with Crippen LogP contribution in [0.5, 0.6) is 0 Å². The molecule has 2 aromatic carbocycles. The number of anilines is 2. The summed E-state index contributed by atoms with van der Waals surface area (Å²) in [7, 11) is 3.66. The summed E-state index contributed by atoms with van der Waals surface area (Å²) in [6, 6.07) is 10.5. The van der Waals surface area contributed by atoms with E-state index < -0.39 is 0 Å². The highest BCUT2D eigenvalue weighted by atomic mass is 16.5. The van der Waals surface area contributed by atoms with Crippen LogP contribution in [0.4, 0.5) is 11.4 Å². The van der Waals surface area contributed by atoms with E-state index >= 15 is 0 Å². The van der Waals surface area contributed by atoms with Gasteiger partial charge in [-0.25, -0.2) is 0 Å². The monoisotopic (exact) mass is 511 g/mol. The third-order valence-corrected chi connectivity index (χ3v) is 8.15. The lowest BCUT2D eigenvalue weighted by molar-refractivity contribution is -0.00235. The van der Waals surface area contributed by atoms with Gasteiger partial charge in [-0.1, -0.05) is 62.4 Å². The van der Waals surface area contributed by atoms with E-state index in [1.165, 1.54) is 32.1 Å². The maximum Gasteiger partial charge on any atom is 0.253 e. The fourth-order valence-electron chi connectivity index (χ4n) is 6.31. The van der Waals surface area contributed by atoms with Gasteiger partial charge in [0.1, 0.15) is 11.4 Å². The Morgan fingerprint density at radius 2 is 1.78 bits per heavy atom. The predicted octanol–water partition coefficient (Wildman–Crippen LogP) is 4.26. The SMILES string of the molecule is CNC[C@H](CC1CCCCC1)Nc1c(N2CCCC(C(OCCCOC)c3ccccc3)C2)c(=O)c1=O. The van der Waals surface area contributed by atoms with Crippen molar-refractivity contribution in [1.29, 1.82) is 0 Å². The highest BCUT2D eigenvalue weighted by Crippen LogP contribution is 2.36. The number of benzene rings is 1. The molecule has 0 spiro atoms. The first kappa shape index (κ1) is 27.8. The summed E-state index contributed by atoms with van der Waals surface area (Å²) in [6.45, 7) is 3.58. The van der Waals surface area contributed by atoms with Crippen molar-refractivity contribution in [2.45, 2.75) is 69.9 Å². The maximum absolute atomic E-state index is 12.8. The number of ether oxygens (including phenoxy) is 2. The summed E-state index contributed by atoms with van der Waals surface area (Å²) >= 11 is 0. The van der Waals surface area contributed by atoms with Gasteiger partial charge in [0.15, 0.2) is 0 Å². The minimum absolute atomic E-state index is 0.0490. The van der Waals surface area contributed by atoms with E-state index in [9.17, 15) is 9.59 Å². The van der Waals surface area contributed by atoms with Crippen LogP contribution in [0.3, 0.4) is 0 Å². The molecule has 2 fully saturated rings. The maximum atomic E-state index is 12.8. The molecule has 0 bridgehead atoms. The fourth-order valence-corrected chi connectivity index (χ4v) is 6.31. The smallest absolute Gasteiger partial charge is 0.253 e. The van der Waals surface area contributed by atoms with E-state index in [0.29, 0.717) is 37.1 Å². The van der Waals surface area contributed by atoms with Gasteiger partial charge in [0.25, 0.3) is 10.9 Å². The zero-order valence-corrected chi connectivity index (χ0v) is 22.7. The summed E-state index contributed by atoms with van der Waals surface area (Å²) in [5.41, 5.74) is 1.57. The molecular weight excluding hydrogens is 466 g/mol. The van der Waals surface area contributed by atoms with Crippen molar-refractivity contribution in [3.63, 3.8) is 0 Å². The average molecular weight is 512 g/mol. The first-order chi connectivity index (χ1) is 18.1. The number of hydrogen-bond acceptors (Lipinski definition) is 7. The molecule has 1 aliphatic heterocycles. The molecule has 1 aliphatic carbocycles. The highest BCUT2D eigenvalue weighted by Gasteiger charge is 2.34. The number of methoxy groups -OCH3 is 1. The van der Waals surface area contributed by atoms with Gasteiger partial charge in [-0.05, 0) is 44.2 Å². The van der Waals surface area contributed by atoms with E-state index in [0.717, 1.165) is 44.3 Å². The molecular formula is C30H45N3O4. The third-order valence-electron chi connectivity index (χ3n) is 8.15. The second kappa shape index (κ2) is 14.1. The number of rotatable bonds is 14. The summed E-state index contributed by atoms with van der Waals surface area (Å²) in [5.74, 6) is 0.932. The minimum Gasteiger partial charge on any atom is -0.385 e. The zero-order chi connectivity index (χ0) is 26.0. The van der Waals surface area contributed by atoms with Crippen LogP contribution in [-0.2, 0) is 9.47 Å². The van der Waals surface area contributed by atoms with Crippen molar-refractivity contribution in [3.8, 4) is 0 Å². The first-order valence-corrected chi connectivity index (χ1v) is 14.3. The second-order valence-electron chi connectivity index (χ2n) is 10.9. The molecule has 4 rings (SSSR count). The van der Waals surface area contributed by atoms with Gasteiger partial charge in [-0.15, -0.1) is 0 Å². The molecule has 0 amide bonds. The Bertz CT molecular complexity index is 1010. The Kier molecular flexibility index (Phi) is 10.6. The molecule has 1 saturated heterocycles. The van der Waals surface area contributed by atoms with Crippen molar-refractivity contribution in [3.05, 3.63) is 56.3 Å². The number of likely N-dealkylation sites (N-methyl/N-ethyl adjacent to an activating group) is 1. The molecule has 3 atom stereocenters. The standard InChI is InChI=1S/C30H45N3O4/c1-31-20-25(19-22-11-5-3-6-12-22)32-26-27(29(35)28(26)34)33-16-9-15-24(21-33)30(37-18-10-17-36-2)23-13-7-4-8-14-23/h4,7-8,13-14,22,24-25,30-32H,3,5-6,9-12,15-21H2,1-2H3/t24?,25-,30?/m0/s1. The molecule has 0 radical (unpaired) electrons. The van der Waals surface area contributed by atoms with E-state index in [4.69, 9.17) is 9.47 Å². The molecule has 1 heterocycles. The molecule has 2 unspecified atom stereocenters. The van der Waals surface area contributed by atoms with Crippen LogP contribution < -0.4 is 26.4 Å². The van der Waals surface area contributed by atoms with Crippen molar-refractivity contribution in [2.24, 2.45) is 11.8 Å². The van der Waals surface area contributed by atoms with Crippen molar-refractivity contribution < 1.29 is 9.47 Å². The fraction of sp³-hybridized carbons (Fsp3) is 0.667. The Morgan fingerprint density at radius 3 is 2.51 bits per heavy atom. The molecule has 2 aromatic rings. The zero-order valence-electron chi connectivity index (χ0n) is 22.7. The summed E-state index contributed by atoms with van der Waals surface area (Å²) < 4.78 is 11.6. The lowest BCUT2D eigenvalue weighted by Gasteiger charge is -2.39. The van der Waals surface area contributed by atoms with Crippen LogP contribution >= 0.6 is 0 Å². The summed E-state index contributed by atoms with van der Waals surface area (Å²) in [4.78, 5) is 27.7. The van der Waals surface area contributed by atoms with Crippen LogP contribution in [0, 0.1) is 11.8 Å². The second-order valence-corrected chi connectivity index (χ2v) is 10.9. The molecule has 7 nitrogen and oxygen atoms in total. The Balaban J connectivity index is 1.47. The van der Waals surface area contributed by atoms with E-state index in [1.54, 1.807) is 7.11 Å². The van der Waals surface area contributed by atoms with Crippen LogP contribution in [0.1, 0.15) is 69.5 Å². The first-order valence-electron chi connectivity index (χ1n) is 14.3. The molecule has 2 N–H and O–H groups in total. The minimum atomic E-state index is -0.364. The molecule has 2 aliphatic rings. The lowest BCUT2D eigenvalue weighted by Crippen LogP contribution is -2.49. The molecule has 0 aromatic heterocycles. The average Bonchev–Trinajstić information content (AvgIpc) is 2.94. The molecule has 7 heteroatoms. The molecule has 37 heavy (non-hydrogen) atoms. The normalized spacial score (nSPS) is 20.7. The van der Waals surface area contributed by atoms with Gasteiger partial charge in [0.2, 0.25) is 0 Å². The van der Waals surface area contributed by atoms with Crippen molar-refractivity contribution in [1.82, 2.24) is 5.32 Å². The van der Waals surface area contributed by atoms with E-state index in [1.807, 2.05) is 25.2 Å². The van der Waals surface area contributed by atoms with Crippen LogP contribution in [0.2, 0.25) is 0 Å². The van der Waals surface area contributed by atoms with Gasteiger partial charge >= 0.3 is 0 Å². The Hall–Kier alpha value is -2.22. The number of nitrogens with zero attached hydrogens (tertiary/aromatic N) is 1. The molecule has 204 valence electrons. The van der Waals surface area contributed by atoms with Gasteiger partial charge < -0.3 is 25.0 Å². The quantitative estimate of drug-likeness (QED) is 0.290. The van der Waals surface area contributed by atoms with Crippen LogP contribution in [0.25, 0.3) is 0 Å². The van der Waals surface area contributed by atoms with Gasteiger partial charge in [0.05, 0.1) is 6.10 Å². The lowest BCUT2D eigenvalue weighted by atomic mass is 9.84. The number of nitrogens with one attached hydrogen (secondary N) is 2. The van der Waals surface area contributed by atoms with Gasteiger partial charge in [-0.3, -0.25) is 9.59 Å². The molecule has 1 saturated carbocycles. The highest BCUT2D eigenvalue weighted by molar-refractivity contribution is 5.75. The van der Waals surface area contributed by atoms with Crippen molar-refractivity contribution in [2.75, 3.05) is 57.2 Å². The predicted molar refractivity (Wildman–Crippen MR) is 150 cm³/mol. The van der Waals surface area contributed by atoms with Crippen LogP contribution in [0.15, 0.2) is 39.9 Å². The van der Waals surface area contributed by atoms with Gasteiger partial charge in [-0.2, -0.15) is 0 Å². The summed E-state index contributed by atoms with van der Waals surface area (Å²) in [6.07, 6.45) is 10.3. The number of hydrogen-bond donors (Lipinski definition) is 2. The topological polar surface area (TPSA) is 79.9 Å². The Labute approximate surface area is 221 Å². The van der Waals surface area contributed by atoms with E-state index in [-0.39, 0.29) is 28.9 Å². The Morgan fingerprint density at radius 1 is 1.00 bits per heavy atom.